The third-order valence-electron chi connectivity index (χ3n) is 3.70. The van der Waals surface area contributed by atoms with Crippen molar-refractivity contribution >= 4 is 43.1 Å². The quantitative estimate of drug-likeness (QED) is 0.701. The number of piperazine rings is 1. The molecule has 0 aromatic heterocycles. The largest absolute Gasteiger partial charge is 0.353 e. The van der Waals surface area contributed by atoms with Gasteiger partial charge in [0.25, 0.3) is 0 Å². The van der Waals surface area contributed by atoms with Crippen LogP contribution in [0.4, 0.5) is 0 Å². The normalized spacial score (nSPS) is 17.0. The molecule has 1 aliphatic heterocycles. The minimum atomic E-state index is -0.364. The van der Waals surface area contributed by atoms with Crippen molar-refractivity contribution in [2.45, 2.75) is 33.2 Å². The van der Waals surface area contributed by atoms with E-state index in [1.807, 2.05) is 0 Å². The summed E-state index contributed by atoms with van der Waals surface area (Å²) in [4.78, 5) is 16.6. The van der Waals surface area contributed by atoms with Crippen LogP contribution < -0.4 is 11.1 Å². The number of likely N-dealkylation sites (N-methyl/N-ethyl adjacent to an activating group) is 1. The summed E-state index contributed by atoms with van der Waals surface area (Å²) in [5.74, 6) is 0.448. The maximum Gasteiger partial charge on any atom is 0.236 e. The lowest BCUT2D eigenvalue weighted by molar-refractivity contribution is -0.122. The highest BCUT2D eigenvalue weighted by molar-refractivity contribution is 5.86. The molecule has 0 unspecified atom stereocenters. The lowest BCUT2D eigenvalue weighted by atomic mass is 10.0. The zero-order valence-corrected chi connectivity index (χ0v) is 16.4. The molecule has 1 aliphatic rings. The molecular formula is C14H33Cl3N4O. The number of rotatable bonds is 7. The van der Waals surface area contributed by atoms with Gasteiger partial charge in [0.2, 0.25) is 5.91 Å². The van der Waals surface area contributed by atoms with Crippen LogP contribution in [-0.4, -0.2) is 67.6 Å². The van der Waals surface area contributed by atoms with E-state index in [2.05, 4.69) is 35.9 Å². The predicted octanol–water partition coefficient (Wildman–Crippen LogP) is 1.38. The molecule has 22 heavy (non-hydrogen) atoms. The lowest BCUT2D eigenvalue weighted by Gasteiger charge is -2.34. The molecule has 1 saturated heterocycles. The van der Waals surface area contributed by atoms with Crippen molar-refractivity contribution < 1.29 is 4.79 Å². The van der Waals surface area contributed by atoms with E-state index >= 15 is 0 Å². The van der Waals surface area contributed by atoms with Crippen molar-refractivity contribution in [1.29, 1.82) is 0 Å². The Bertz CT molecular complexity index is 275. The van der Waals surface area contributed by atoms with Gasteiger partial charge in [0.15, 0.2) is 0 Å². The number of halogens is 3. The van der Waals surface area contributed by atoms with Crippen molar-refractivity contribution in [2.24, 2.45) is 11.7 Å². The number of hydrogen-bond acceptors (Lipinski definition) is 4. The van der Waals surface area contributed by atoms with Gasteiger partial charge in [-0.1, -0.05) is 20.8 Å². The molecule has 1 rings (SSSR count). The Morgan fingerprint density at radius 1 is 1.09 bits per heavy atom. The second-order valence-electron chi connectivity index (χ2n) is 5.80. The Hall–Kier alpha value is 0.220. The maximum atomic E-state index is 11.8. The summed E-state index contributed by atoms with van der Waals surface area (Å²) in [5, 5.41) is 2.94. The van der Waals surface area contributed by atoms with E-state index in [4.69, 9.17) is 5.73 Å². The second kappa shape index (κ2) is 14.8. The van der Waals surface area contributed by atoms with Crippen LogP contribution in [0.15, 0.2) is 0 Å². The summed E-state index contributed by atoms with van der Waals surface area (Å²) < 4.78 is 0. The number of nitrogens with zero attached hydrogens (tertiary/aromatic N) is 2. The van der Waals surface area contributed by atoms with E-state index in [1.165, 1.54) is 0 Å². The van der Waals surface area contributed by atoms with Gasteiger partial charge >= 0.3 is 0 Å². The van der Waals surface area contributed by atoms with Gasteiger partial charge in [-0.05, 0) is 18.9 Å². The third-order valence-corrected chi connectivity index (χ3v) is 3.70. The van der Waals surface area contributed by atoms with E-state index < -0.39 is 0 Å². The Labute approximate surface area is 154 Å². The van der Waals surface area contributed by atoms with Crippen molar-refractivity contribution in [3.8, 4) is 0 Å². The summed E-state index contributed by atoms with van der Waals surface area (Å²) >= 11 is 0. The third kappa shape index (κ3) is 10.9. The molecular weight excluding hydrogens is 347 g/mol. The van der Waals surface area contributed by atoms with Crippen LogP contribution in [0.3, 0.4) is 0 Å². The topological polar surface area (TPSA) is 61.6 Å². The van der Waals surface area contributed by atoms with E-state index in [-0.39, 0.29) is 49.2 Å². The van der Waals surface area contributed by atoms with Gasteiger partial charge in [-0.15, -0.1) is 37.2 Å². The smallest absolute Gasteiger partial charge is 0.236 e. The van der Waals surface area contributed by atoms with Gasteiger partial charge in [0.1, 0.15) is 0 Å². The Kier molecular flexibility index (Phi) is 18.2. The van der Waals surface area contributed by atoms with Crippen molar-refractivity contribution in [3.63, 3.8) is 0 Å². The summed E-state index contributed by atoms with van der Waals surface area (Å²) in [5.41, 5.74) is 5.84. The average Bonchev–Trinajstić information content (AvgIpc) is 2.38. The number of amides is 1. The van der Waals surface area contributed by atoms with Gasteiger partial charge in [-0.3, -0.25) is 9.69 Å². The van der Waals surface area contributed by atoms with Crippen LogP contribution in [0.2, 0.25) is 0 Å². The summed E-state index contributed by atoms with van der Waals surface area (Å²) in [7, 11) is 0. The average molecular weight is 380 g/mol. The first-order valence-corrected chi connectivity index (χ1v) is 7.51. The maximum absolute atomic E-state index is 11.8. The molecule has 0 radical (unpaired) electrons. The molecule has 0 aliphatic carbocycles. The zero-order valence-electron chi connectivity index (χ0n) is 13.9. The van der Waals surface area contributed by atoms with Gasteiger partial charge in [0, 0.05) is 39.3 Å². The Morgan fingerprint density at radius 2 is 1.59 bits per heavy atom. The SMILES string of the molecule is CCN1CCN(CCNC(=O)[C@@H](N)CC(C)C)CC1.Cl.Cl.Cl. The molecule has 0 spiro atoms. The predicted molar refractivity (Wildman–Crippen MR) is 101 cm³/mol. The van der Waals surface area contributed by atoms with Crippen molar-refractivity contribution in [3.05, 3.63) is 0 Å². The van der Waals surface area contributed by atoms with Crippen LogP contribution in [0.5, 0.6) is 0 Å². The molecule has 1 amide bonds. The van der Waals surface area contributed by atoms with E-state index in [0.717, 1.165) is 45.7 Å². The van der Waals surface area contributed by atoms with Gasteiger partial charge in [0.05, 0.1) is 6.04 Å². The molecule has 0 saturated carbocycles. The summed E-state index contributed by atoms with van der Waals surface area (Å²) in [6, 6.07) is -0.364. The second-order valence-corrected chi connectivity index (χ2v) is 5.80. The molecule has 0 aromatic carbocycles. The number of nitrogens with two attached hydrogens (primary N) is 1. The lowest BCUT2D eigenvalue weighted by Crippen LogP contribution is -2.49. The minimum Gasteiger partial charge on any atom is -0.353 e. The fraction of sp³-hybridized carbons (Fsp3) is 0.929. The van der Waals surface area contributed by atoms with Gasteiger partial charge in [-0.2, -0.15) is 0 Å². The standard InChI is InChI=1S/C14H30N4O.3ClH/c1-4-17-7-9-18(10-8-17)6-5-16-14(19)13(15)11-12(2)3;;;/h12-13H,4-11,15H2,1-3H3,(H,16,19);3*1H/t13-;;;/m0.../s1. The first-order valence-electron chi connectivity index (χ1n) is 7.51. The van der Waals surface area contributed by atoms with Crippen LogP contribution in [-0.2, 0) is 4.79 Å². The molecule has 5 nitrogen and oxygen atoms in total. The highest BCUT2D eigenvalue weighted by Crippen LogP contribution is 2.03. The zero-order chi connectivity index (χ0) is 14.3. The van der Waals surface area contributed by atoms with Gasteiger partial charge < -0.3 is 16.0 Å². The molecule has 3 N–H and O–H groups in total. The van der Waals surface area contributed by atoms with Crippen molar-refractivity contribution in [2.75, 3.05) is 45.8 Å². The number of nitrogens with one attached hydrogen (secondary N) is 1. The Balaban J connectivity index is -0.00000120. The fourth-order valence-electron chi connectivity index (χ4n) is 2.41. The van der Waals surface area contributed by atoms with Crippen LogP contribution in [0.25, 0.3) is 0 Å². The first kappa shape index (κ1) is 27.1. The fourth-order valence-corrected chi connectivity index (χ4v) is 2.41. The van der Waals surface area contributed by atoms with E-state index in [1.54, 1.807) is 0 Å². The highest BCUT2D eigenvalue weighted by Gasteiger charge is 2.17. The van der Waals surface area contributed by atoms with Crippen LogP contribution >= 0.6 is 37.2 Å². The molecule has 1 heterocycles. The molecule has 1 atom stereocenters. The molecule has 0 aromatic rings. The monoisotopic (exact) mass is 378 g/mol. The minimum absolute atomic E-state index is 0. The molecule has 0 bridgehead atoms. The van der Waals surface area contributed by atoms with E-state index in [0.29, 0.717) is 12.5 Å². The van der Waals surface area contributed by atoms with Crippen molar-refractivity contribution in [1.82, 2.24) is 15.1 Å². The first-order chi connectivity index (χ1) is 9.02. The summed E-state index contributed by atoms with van der Waals surface area (Å²) in [6.07, 6.45) is 0.751. The summed E-state index contributed by atoms with van der Waals surface area (Å²) in [6.45, 7) is 13.6. The number of hydrogen-bond donors (Lipinski definition) is 2. The molecule has 136 valence electrons. The van der Waals surface area contributed by atoms with Crippen LogP contribution in [0, 0.1) is 5.92 Å². The molecule has 1 fully saturated rings. The Morgan fingerprint density at radius 3 is 2.05 bits per heavy atom. The van der Waals surface area contributed by atoms with Crippen LogP contribution in [0.1, 0.15) is 27.2 Å². The highest BCUT2D eigenvalue weighted by atomic mass is 35.5. The number of carbonyl (C=O) groups excluding carboxylic acids is 1. The van der Waals surface area contributed by atoms with E-state index in [9.17, 15) is 4.79 Å². The van der Waals surface area contributed by atoms with Gasteiger partial charge in [-0.25, -0.2) is 0 Å². The number of carbonyl (C=O) groups is 1. The molecule has 8 heteroatoms.